The van der Waals surface area contributed by atoms with Crippen molar-refractivity contribution in [1.82, 2.24) is 9.88 Å². The summed E-state index contributed by atoms with van der Waals surface area (Å²) in [6.45, 7) is 0.170. The van der Waals surface area contributed by atoms with E-state index in [9.17, 15) is 14.4 Å². The van der Waals surface area contributed by atoms with E-state index < -0.39 is 0 Å². The van der Waals surface area contributed by atoms with Crippen molar-refractivity contribution in [1.29, 1.82) is 0 Å². The van der Waals surface area contributed by atoms with Gasteiger partial charge in [0, 0.05) is 45.4 Å². The Bertz CT molecular complexity index is 1350. The maximum absolute atomic E-state index is 12.9. The molecule has 1 aliphatic heterocycles. The van der Waals surface area contributed by atoms with Crippen molar-refractivity contribution >= 4 is 56.6 Å². The molecule has 0 saturated heterocycles. The number of nitrogens with one attached hydrogen (secondary N) is 1. The standard InChI is InChI=1S/C25H18ClN3O3S/c26-17-11-9-15(10-12-17)20-14-33-25(27-20)28-21(30)8-3-13-29-23(31)18-6-1-4-16-5-2-7-19(22(16)18)24(29)32/h1-2,4-7,9-12,14H,3,8,13H2,(H,27,28,30). The van der Waals surface area contributed by atoms with Gasteiger partial charge in [0.2, 0.25) is 5.91 Å². The Morgan fingerprint density at radius 1 is 0.970 bits per heavy atom. The molecule has 3 aromatic carbocycles. The van der Waals surface area contributed by atoms with Gasteiger partial charge in [0.15, 0.2) is 5.13 Å². The van der Waals surface area contributed by atoms with Crippen molar-refractivity contribution in [3.63, 3.8) is 0 Å². The molecule has 0 saturated carbocycles. The van der Waals surface area contributed by atoms with E-state index in [1.807, 2.05) is 41.8 Å². The zero-order valence-corrected chi connectivity index (χ0v) is 18.9. The zero-order valence-electron chi connectivity index (χ0n) is 17.4. The van der Waals surface area contributed by atoms with Crippen LogP contribution in [0.2, 0.25) is 5.02 Å². The summed E-state index contributed by atoms with van der Waals surface area (Å²) in [6, 6.07) is 18.2. The van der Waals surface area contributed by atoms with Crippen LogP contribution < -0.4 is 5.32 Å². The third-order valence-electron chi connectivity index (χ3n) is 5.53. The highest BCUT2D eigenvalue weighted by atomic mass is 35.5. The summed E-state index contributed by atoms with van der Waals surface area (Å²) in [5.41, 5.74) is 2.70. The van der Waals surface area contributed by atoms with E-state index in [-0.39, 0.29) is 30.7 Å². The monoisotopic (exact) mass is 475 g/mol. The lowest BCUT2D eigenvalue weighted by molar-refractivity contribution is -0.116. The molecule has 1 N–H and O–H groups in total. The molecule has 4 aromatic rings. The molecular formula is C25H18ClN3O3S. The van der Waals surface area contributed by atoms with Crippen LogP contribution in [0.25, 0.3) is 22.0 Å². The van der Waals surface area contributed by atoms with Crippen LogP contribution in [0.4, 0.5) is 5.13 Å². The van der Waals surface area contributed by atoms with Gasteiger partial charge in [-0.15, -0.1) is 11.3 Å². The predicted octanol–water partition coefficient (Wildman–Crippen LogP) is 5.63. The fourth-order valence-electron chi connectivity index (χ4n) is 3.95. The van der Waals surface area contributed by atoms with Crippen LogP contribution in [0.15, 0.2) is 66.0 Å². The number of rotatable bonds is 6. The molecule has 0 atom stereocenters. The number of benzene rings is 3. The first kappa shape index (κ1) is 21.3. The molecule has 0 spiro atoms. The Morgan fingerprint density at radius 2 is 1.64 bits per heavy atom. The van der Waals surface area contributed by atoms with Gasteiger partial charge in [0.1, 0.15) is 0 Å². The smallest absolute Gasteiger partial charge is 0.261 e. The van der Waals surface area contributed by atoms with E-state index in [2.05, 4.69) is 10.3 Å². The quantitative estimate of drug-likeness (QED) is 0.366. The van der Waals surface area contributed by atoms with E-state index in [0.717, 1.165) is 16.6 Å². The first-order chi connectivity index (χ1) is 16.0. The molecule has 1 aromatic heterocycles. The first-order valence-electron chi connectivity index (χ1n) is 10.4. The van der Waals surface area contributed by atoms with Crippen LogP contribution >= 0.6 is 22.9 Å². The molecule has 2 heterocycles. The Hall–Kier alpha value is -3.55. The number of nitrogens with zero attached hydrogens (tertiary/aromatic N) is 2. The summed E-state index contributed by atoms with van der Waals surface area (Å²) in [5, 5.41) is 7.36. The van der Waals surface area contributed by atoms with E-state index >= 15 is 0 Å². The summed E-state index contributed by atoms with van der Waals surface area (Å²) >= 11 is 7.25. The molecule has 1 aliphatic rings. The molecule has 6 nitrogen and oxygen atoms in total. The summed E-state index contributed by atoms with van der Waals surface area (Å²) in [5.74, 6) is -0.860. The predicted molar refractivity (Wildman–Crippen MR) is 130 cm³/mol. The Labute approximate surface area is 198 Å². The summed E-state index contributed by atoms with van der Waals surface area (Å²) in [7, 11) is 0. The number of carbonyl (C=O) groups is 3. The zero-order chi connectivity index (χ0) is 22.9. The van der Waals surface area contributed by atoms with Crippen LogP contribution in [0.5, 0.6) is 0 Å². The number of carbonyl (C=O) groups excluding carboxylic acids is 3. The van der Waals surface area contributed by atoms with Gasteiger partial charge in [-0.05, 0) is 36.1 Å². The molecular weight excluding hydrogens is 458 g/mol. The molecule has 3 amide bonds. The van der Waals surface area contributed by atoms with Gasteiger partial charge < -0.3 is 5.32 Å². The van der Waals surface area contributed by atoms with E-state index in [4.69, 9.17) is 11.6 Å². The topological polar surface area (TPSA) is 79.4 Å². The molecule has 0 radical (unpaired) electrons. The molecule has 0 fully saturated rings. The van der Waals surface area contributed by atoms with Crippen LogP contribution in [0.1, 0.15) is 33.6 Å². The molecule has 0 aliphatic carbocycles. The van der Waals surface area contributed by atoms with Crippen molar-refractivity contribution in [2.24, 2.45) is 0 Å². The molecule has 0 unspecified atom stereocenters. The second-order valence-electron chi connectivity index (χ2n) is 7.67. The molecule has 5 rings (SSSR count). The minimum absolute atomic E-state index is 0.165. The third kappa shape index (κ3) is 4.13. The van der Waals surface area contributed by atoms with Crippen molar-refractivity contribution in [3.05, 3.63) is 82.2 Å². The second kappa shape index (κ2) is 8.77. The van der Waals surface area contributed by atoms with Crippen LogP contribution in [-0.4, -0.2) is 34.2 Å². The fourth-order valence-corrected chi connectivity index (χ4v) is 4.81. The maximum atomic E-state index is 12.9. The van der Waals surface area contributed by atoms with Crippen molar-refractivity contribution in [3.8, 4) is 11.3 Å². The highest BCUT2D eigenvalue weighted by molar-refractivity contribution is 7.14. The van der Waals surface area contributed by atoms with Crippen molar-refractivity contribution in [2.75, 3.05) is 11.9 Å². The number of halogens is 1. The van der Waals surface area contributed by atoms with Gasteiger partial charge >= 0.3 is 0 Å². The average Bonchev–Trinajstić information content (AvgIpc) is 3.28. The normalized spacial score (nSPS) is 12.9. The van der Waals surface area contributed by atoms with Gasteiger partial charge in [-0.3, -0.25) is 19.3 Å². The number of hydrogen-bond donors (Lipinski definition) is 1. The summed E-state index contributed by atoms with van der Waals surface area (Å²) < 4.78 is 0. The second-order valence-corrected chi connectivity index (χ2v) is 8.96. The summed E-state index contributed by atoms with van der Waals surface area (Å²) in [6.07, 6.45) is 0.523. The Morgan fingerprint density at radius 3 is 2.30 bits per heavy atom. The largest absolute Gasteiger partial charge is 0.302 e. The van der Waals surface area contributed by atoms with Crippen LogP contribution in [0.3, 0.4) is 0 Å². The van der Waals surface area contributed by atoms with Gasteiger partial charge in [0.05, 0.1) is 5.69 Å². The van der Waals surface area contributed by atoms with Gasteiger partial charge in [-0.1, -0.05) is 48.0 Å². The number of amides is 3. The Kier molecular flexibility index (Phi) is 5.66. The van der Waals surface area contributed by atoms with Gasteiger partial charge in [-0.25, -0.2) is 4.98 Å². The van der Waals surface area contributed by atoms with E-state index in [1.165, 1.54) is 16.2 Å². The SMILES string of the molecule is O=C(CCCN1C(=O)c2cccc3cccc(c23)C1=O)Nc1nc(-c2ccc(Cl)cc2)cs1. The van der Waals surface area contributed by atoms with Crippen molar-refractivity contribution < 1.29 is 14.4 Å². The number of hydrogen-bond acceptors (Lipinski definition) is 5. The van der Waals surface area contributed by atoms with Crippen LogP contribution in [0, 0.1) is 0 Å². The lowest BCUT2D eigenvalue weighted by atomic mass is 9.94. The highest BCUT2D eigenvalue weighted by Gasteiger charge is 2.32. The number of aromatic nitrogens is 1. The number of anilines is 1. The van der Waals surface area contributed by atoms with E-state index in [1.54, 1.807) is 24.3 Å². The first-order valence-corrected chi connectivity index (χ1v) is 11.7. The third-order valence-corrected chi connectivity index (χ3v) is 6.54. The van der Waals surface area contributed by atoms with Gasteiger partial charge in [0.25, 0.3) is 11.8 Å². The summed E-state index contributed by atoms with van der Waals surface area (Å²) in [4.78, 5) is 43.9. The van der Waals surface area contributed by atoms with Gasteiger partial charge in [-0.2, -0.15) is 0 Å². The molecule has 0 bridgehead atoms. The molecule has 164 valence electrons. The average molecular weight is 476 g/mol. The molecule has 33 heavy (non-hydrogen) atoms. The lowest BCUT2D eigenvalue weighted by Gasteiger charge is -2.27. The number of imide groups is 1. The number of thiazole rings is 1. The highest BCUT2D eigenvalue weighted by Crippen LogP contribution is 2.30. The minimum Gasteiger partial charge on any atom is -0.302 e. The lowest BCUT2D eigenvalue weighted by Crippen LogP contribution is -2.41. The molecule has 8 heteroatoms. The fraction of sp³-hybridized carbons (Fsp3) is 0.120. The Balaban J connectivity index is 1.21. The van der Waals surface area contributed by atoms with E-state index in [0.29, 0.717) is 33.1 Å². The minimum atomic E-state index is -0.322. The van der Waals surface area contributed by atoms with Crippen LogP contribution in [-0.2, 0) is 4.79 Å². The van der Waals surface area contributed by atoms with Crippen molar-refractivity contribution in [2.45, 2.75) is 12.8 Å². The maximum Gasteiger partial charge on any atom is 0.261 e.